The molecule has 0 amide bonds. The van der Waals surface area contributed by atoms with E-state index in [4.69, 9.17) is 10.5 Å². The van der Waals surface area contributed by atoms with Gasteiger partial charge in [-0.05, 0) is 18.6 Å². The van der Waals surface area contributed by atoms with E-state index in [0.717, 1.165) is 24.1 Å². The number of hydrogen-bond donors (Lipinski definition) is 2. The molecule has 3 N–H and O–H groups in total. The van der Waals surface area contributed by atoms with Gasteiger partial charge in [0.15, 0.2) is 0 Å². The lowest BCUT2D eigenvalue weighted by molar-refractivity contribution is 0.00507. The first-order chi connectivity index (χ1) is 9.33. The van der Waals surface area contributed by atoms with Crippen molar-refractivity contribution >= 4 is 17.0 Å². The number of rotatable bonds is 2. The van der Waals surface area contributed by atoms with E-state index in [1.54, 1.807) is 0 Å². The van der Waals surface area contributed by atoms with E-state index >= 15 is 0 Å². The molecule has 1 saturated carbocycles. The van der Waals surface area contributed by atoms with Gasteiger partial charge in [-0.1, -0.05) is 12.1 Å². The predicted octanol–water partition coefficient (Wildman–Crippen LogP) is 0.551. The van der Waals surface area contributed by atoms with Gasteiger partial charge in [-0.2, -0.15) is 0 Å². The van der Waals surface area contributed by atoms with Crippen LogP contribution in [0.1, 0.15) is 6.42 Å². The van der Waals surface area contributed by atoms with Gasteiger partial charge in [0.05, 0.1) is 17.7 Å². The molecule has 19 heavy (non-hydrogen) atoms. The Hall–Kier alpha value is -1.79. The molecule has 1 aromatic carbocycles. The molecule has 2 fully saturated rings. The smallest absolute Gasteiger partial charge is 0.243 e. The molecule has 0 radical (unpaired) electrons. The van der Waals surface area contributed by atoms with E-state index in [0.29, 0.717) is 11.9 Å². The number of anilines is 1. The number of aromatic nitrogens is 3. The average molecular weight is 257 g/mol. The van der Waals surface area contributed by atoms with Gasteiger partial charge in [0, 0.05) is 18.6 Å². The van der Waals surface area contributed by atoms with Crippen molar-refractivity contribution in [1.82, 2.24) is 15.2 Å². The van der Waals surface area contributed by atoms with Crippen molar-refractivity contribution < 1.29 is 4.74 Å². The van der Waals surface area contributed by atoms with Gasteiger partial charge in [0.1, 0.15) is 5.52 Å². The third-order valence-electron chi connectivity index (χ3n) is 4.10. The second kappa shape index (κ2) is 4.11. The van der Waals surface area contributed by atoms with Gasteiger partial charge in [0.25, 0.3) is 0 Å². The maximum absolute atomic E-state index is 6.15. The van der Waals surface area contributed by atoms with Crippen molar-refractivity contribution in [2.24, 2.45) is 11.7 Å². The standard InChI is InChI=1S/C13H15N5O/c14-10-7-5-6-19-12(7)11(10)16-13-15-8-3-1-2-4-9(8)17-18-13/h1-4,7,10-12H,5-6,14H2,(H,15,16,18). The summed E-state index contributed by atoms with van der Waals surface area (Å²) in [5, 5.41) is 11.5. The van der Waals surface area contributed by atoms with Gasteiger partial charge in [0.2, 0.25) is 5.95 Å². The highest BCUT2D eigenvalue weighted by atomic mass is 16.5. The monoisotopic (exact) mass is 257 g/mol. The zero-order valence-electron chi connectivity index (χ0n) is 10.4. The van der Waals surface area contributed by atoms with Crippen molar-refractivity contribution in [2.75, 3.05) is 11.9 Å². The molecule has 6 nitrogen and oxygen atoms in total. The van der Waals surface area contributed by atoms with Crippen LogP contribution in [0, 0.1) is 5.92 Å². The highest BCUT2D eigenvalue weighted by Gasteiger charge is 2.52. The third kappa shape index (κ3) is 1.67. The van der Waals surface area contributed by atoms with Crippen LogP contribution in [0.2, 0.25) is 0 Å². The molecule has 6 heteroatoms. The van der Waals surface area contributed by atoms with Crippen molar-refractivity contribution in [3.05, 3.63) is 24.3 Å². The number of para-hydroxylation sites is 1. The molecule has 1 aliphatic carbocycles. The van der Waals surface area contributed by atoms with Crippen molar-refractivity contribution in [1.29, 1.82) is 0 Å². The Labute approximate surface area is 110 Å². The summed E-state index contributed by atoms with van der Waals surface area (Å²) < 4.78 is 5.68. The van der Waals surface area contributed by atoms with Crippen LogP contribution in [-0.2, 0) is 4.74 Å². The molecule has 1 saturated heterocycles. The molecule has 0 bridgehead atoms. The molecule has 4 unspecified atom stereocenters. The second-order valence-electron chi connectivity index (χ2n) is 5.16. The summed E-state index contributed by atoms with van der Waals surface area (Å²) in [7, 11) is 0. The first-order valence-corrected chi connectivity index (χ1v) is 6.56. The molecule has 4 rings (SSSR count). The molecule has 4 atom stereocenters. The lowest BCUT2D eigenvalue weighted by Crippen LogP contribution is -2.65. The first kappa shape index (κ1) is 11.1. The fourth-order valence-electron chi connectivity index (χ4n) is 3.02. The zero-order chi connectivity index (χ0) is 12.8. The van der Waals surface area contributed by atoms with Crippen LogP contribution in [0.5, 0.6) is 0 Å². The Morgan fingerprint density at radius 1 is 1.21 bits per heavy atom. The van der Waals surface area contributed by atoms with Crippen molar-refractivity contribution in [3.8, 4) is 0 Å². The summed E-state index contributed by atoms with van der Waals surface area (Å²) in [6.07, 6.45) is 1.26. The average Bonchev–Trinajstić information content (AvgIpc) is 2.89. The minimum Gasteiger partial charge on any atom is -0.376 e. The van der Waals surface area contributed by atoms with Crippen LogP contribution in [-0.4, -0.2) is 40.0 Å². The van der Waals surface area contributed by atoms with E-state index in [9.17, 15) is 0 Å². The number of nitrogens with zero attached hydrogens (tertiary/aromatic N) is 3. The lowest BCUT2D eigenvalue weighted by Gasteiger charge is -2.45. The number of benzene rings is 1. The minimum absolute atomic E-state index is 0.0930. The molecule has 1 aliphatic heterocycles. The quantitative estimate of drug-likeness (QED) is 0.817. The number of nitrogens with one attached hydrogen (secondary N) is 1. The fraction of sp³-hybridized carbons (Fsp3) is 0.462. The largest absolute Gasteiger partial charge is 0.376 e. The van der Waals surface area contributed by atoms with Gasteiger partial charge >= 0.3 is 0 Å². The van der Waals surface area contributed by atoms with Crippen LogP contribution >= 0.6 is 0 Å². The Kier molecular flexibility index (Phi) is 2.39. The Balaban J connectivity index is 1.58. The van der Waals surface area contributed by atoms with Gasteiger partial charge in [-0.3, -0.25) is 0 Å². The Morgan fingerprint density at radius 2 is 2.05 bits per heavy atom. The highest BCUT2D eigenvalue weighted by molar-refractivity contribution is 5.74. The van der Waals surface area contributed by atoms with Crippen LogP contribution in [0.3, 0.4) is 0 Å². The maximum Gasteiger partial charge on any atom is 0.243 e. The molecular formula is C13H15N5O. The zero-order valence-corrected chi connectivity index (χ0v) is 10.4. The number of ether oxygens (including phenoxy) is 1. The summed E-state index contributed by atoms with van der Waals surface area (Å²) in [4.78, 5) is 4.45. The second-order valence-corrected chi connectivity index (χ2v) is 5.16. The normalized spacial score (nSPS) is 32.9. The predicted molar refractivity (Wildman–Crippen MR) is 70.6 cm³/mol. The van der Waals surface area contributed by atoms with Crippen molar-refractivity contribution in [3.63, 3.8) is 0 Å². The van der Waals surface area contributed by atoms with Crippen molar-refractivity contribution in [2.45, 2.75) is 24.6 Å². The third-order valence-corrected chi connectivity index (χ3v) is 4.10. The summed E-state index contributed by atoms with van der Waals surface area (Å²) in [5.74, 6) is 0.999. The molecule has 2 aromatic rings. The molecule has 0 spiro atoms. The summed E-state index contributed by atoms with van der Waals surface area (Å²) >= 11 is 0. The highest BCUT2D eigenvalue weighted by Crippen LogP contribution is 2.38. The van der Waals surface area contributed by atoms with Crippen LogP contribution in [0.4, 0.5) is 5.95 Å². The fourth-order valence-corrected chi connectivity index (χ4v) is 3.02. The molecule has 2 aliphatic rings. The summed E-state index contributed by atoms with van der Waals surface area (Å²) in [6, 6.07) is 7.88. The van der Waals surface area contributed by atoms with Gasteiger partial charge < -0.3 is 15.8 Å². The molecule has 1 aromatic heterocycles. The van der Waals surface area contributed by atoms with E-state index in [-0.39, 0.29) is 18.2 Å². The summed E-state index contributed by atoms with van der Waals surface area (Å²) in [6.45, 7) is 0.804. The molecule has 2 heterocycles. The van der Waals surface area contributed by atoms with E-state index in [2.05, 4.69) is 20.5 Å². The maximum atomic E-state index is 6.15. The number of nitrogens with two attached hydrogens (primary N) is 1. The van der Waals surface area contributed by atoms with Gasteiger partial charge in [-0.25, -0.2) is 4.98 Å². The summed E-state index contributed by atoms with van der Waals surface area (Å²) in [5.41, 5.74) is 7.77. The Bertz CT molecular complexity index is 619. The van der Waals surface area contributed by atoms with Crippen LogP contribution < -0.4 is 11.1 Å². The minimum atomic E-state index is 0.0930. The van der Waals surface area contributed by atoms with Crippen LogP contribution in [0.25, 0.3) is 11.0 Å². The van der Waals surface area contributed by atoms with Crippen LogP contribution in [0.15, 0.2) is 24.3 Å². The van der Waals surface area contributed by atoms with E-state index in [1.165, 1.54) is 0 Å². The van der Waals surface area contributed by atoms with Gasteiger partial charge in [-0.15, -0.1) is 10.2 Å². The molecular weight excluding hydrogens is 242 g/mol. The number of fused-ring (bicyclic) bond motifs is 2. The topological polar surface area (TPSA) is 86.0 Å². The van der Waals surface area contributed by atoms with E-state index in [1.807, 2.05) is 24.3 Å². The lowest BCUT2D eigenvalue weighted by atomic mass is 9.72. The first-order valence-electron chi connectivity index (χ1n) is 6.56. The molecule has 98 valence electrons. The van der Waals surface area contributed by atoms with E-state index < -0.39 is 0 Å². The number of hydrogen-bond acceptors (Lipinski definition) is 6. The Morgan fingerprint density at radius 3 is 2.95 bits per heavy atom. The SMILES string of the molecule is NC1C2CCOC2C1Nc1nnc2ccccc2n1.